The van der Waals surface area contributed by atoms with E-state index in [1.165, 1.54) is 9.75 Å². The molecule has 1 aliphatic carbocycles. The standard InChI is InChI=1S/C25H26N2O2S2/c1-17-10-13-24(30-17)25-21-9-5-8-20(21)22-16-19(11-12-23(22)27-25)31(28,29)26-15-14-18-6-3-2-4-7-18/h2-8,10-13,16,20-21,25-27H,9,14-15H2,1H3. The summed E-state index contributed by atoms with van der Waals surface area (Å²) in [6, 6.07) is 20.1. The van der Waals surface area contributed by atoms with Gasteiger partial charge in [0, 0.05) is 27.9 Å². The van der Waals surface area contributed by atoms with Crippen molar-refractivity contribution in [2.75, 3.05) is 11.9 Å². The van der Waals surface area contributed by atoms with Gasteiger partial charge in [0.2, 0.25) is 10.0 Å². The molecule has 0 saturated heterocycles. The van der Waals surface area contributed by atoms with Crippen LogP contribution in [0, 0.1) is 12.8 Å². The summed E-state index contributed by atoms with van der Waals surface area (Å²) in [7, 11) is -3.55. The van der Waals surface area contributed by atoms with Crippen LogP contribution in [0.5, 0.6) is 0 Å². The average Bonchev–Trinajstić information content (AvgIpc) is 3.43. The molecular formula is C25H26N2O2S2. The smallest absolute Gasteiger partial charge is 0.240 e. The molecule has 0 amide bonds. The summed E-state index contributed by atoms with van der Waals surface area (Å²) in [5.74, 6) is 0.651. The fourth-order valence-electron chi connectivity index (χ4n) is 4.70. The molecule has 3 unspecified atom stereocenters. The Hall–Kier alpha value is -2.41. The van der Waals surface area contributed by atoms with Gasteiger partial charge in [-0.3, -0.25) is 0 Å². The van der Waals surface area contributed by atoms with Crippen molar-refractivity contribution in [3.8, 4) is 0 Å². The topological polar surface area (TPSA) is 58.2 Å². The van der Waals surface area contributed by atoms with Crippen molar-refractivity contribution in [2.45, 2.75) is 36.6 Å². The van der Waals surface area contributed by atoms with E-state index in [1.807, 2.05) is 53.8 Å². The first-order chi connectivity index (χ1) is 15.0. The molecule has 160 valence electrons. The van der Waals surface area contributed by atoms with Crippen molar-refractivity contribution in [1.82, 2.24) is 4.72 Å². The molecule has 2 aliphatic rings. The van der Waals surface area contributed by atoms with Crippen LogP contribution < -0.4 is 10.0 Å². The average molecular weight is 451 g/mol. The lowest BCUT2D eigenvalue weighted by molar-refractivity contribution is 0.429. The van der Waals surface area contributed by atoms with Crippen LogP contribution in [0.2, 0.25) is 0 Å². The summed E-state index contributed by atoms with van der Waals surface area (Å²) >= 11 is 1.84. The molecule has 0 radical (unpaired) electrons. The van der Waals surface area contributed by atoms with Gasteiger partial charge in [0.25, 0.3) is 0 Å². The minimum Gasteiger partial charge on any atom is -0.377 e. The maximum absolute atomic E-state index is 12.9. The third kappa shape index (κ3) is 4.07. The van der Waals surface area contributed by atoms with Crippen LogP contribution in [0.3, 0.4) is 0 Å². The normalized spacial score (nSPS) is 22.0. The van der Waals surface area contributed by atoms with E-state index in [0.717, 1.165) is 23.2 Å². The van der Waals surface area contributed by atoms with Gasteiger partial charge < -0.3 is 5.32 Å². The van der Waals surface area contributed by atoms with Gasteiger partial charge in [0.15, 0.2) is 0 Å². The fraction of sp³-hybridized carbons (Fsp3) is 0.280. The molecule has 0 fully saturated rings. The molecule has 2 aromatic carbocycles. The number of hydrogen-bond acceptors (Lipinski definition) is 4. The summed E-state index contributed by atoms with van der Waals surface area (Å²) in [5.41, 5.74) is 3.23. The Morgan fingerprint density at radius 2 is 1.94 bits per heavy atom. The first kappa shape index (κ1) is 20.5. The van der Waals surface area contributed by atoms with Gasteiger partial charge in [-0.15, -0.1) is 11.3 Å². The monoisotopic (exact) mass is 450 g/mol. The molecule has 5 rings (SSSR count). The van der Waals surface area contributed by atoms with Crippen molar-refractivity contribution >= 4 is 27.0 Å². The van der Waals surface area contributed by atoms with Crippen molar-refractivity contribution in [3.63, 3.8) is 0 Å². The SMILES string of the molecule is Cc1ccc(C2Nc3ccc(S(=O)(=O)NCCc4ccccc4)cc3C3C=CCC32)s1. The highest BCUT2D eigenvalue weighted by atomic mass is 32.2. The Kier molecular flexibility index (Phi) is 5.46. The summed E-state index contributed by atoms with van der Waals surface area (Å²) < 4.78 is 28.6. The van der Waals surface area contributed by atoms with Crippen LogP contribution >= 0.6 is 11.3 Å². The fourth-order valence-corrected chi connectivity index (χ4v) is 6.77. The third-order valence-electron chi connectivity index (χ3n) is 6.26. The molecule has 2 heterocycles. The molecule has 31 heavy (non-hydrogen) atoms. The van der Waals surface area contributed by atoms with E-state index in [-0.39, 0.29) is 12.0 Å². The largest absolute Gasteiger partial charge is 0.377 e. The zero-order valence-corrected chi connectivity index (χ0v) is 19.0. The van der Waals surface area contributed by atoms with Gasteiger partial charge in [0.05, 0.1) is 10.9 Å². The number of hydrogen-bond donors (Lipinski definition) is 2. The summed E-state index contributed by atoms with van der Waals surface area (Å²) in [5, 5.41) is 3.70. The van der Waals surface area contributed by atoms with Crippen molar-refractivity contribution in [2.24, 2.45) is 5.92 Å². The maximum Gasteiger partial charge on any atom is 0.240 e. The quantitative estimate of drug-likeness (QED) is 0.494. The number of rotatable bonds is 6. The number of fused-ring (bicyclic) bond motifs is 3. The van der Waals surface area contributed by atoms with Crippen LogP contribution in [0.4, 0.5) is 5.69 Å². The predicted molar refractivity (Wildman–Crippen MR) is 127 cm³/mol. The highest BCUT2D eigenvalue weighted by Gasteiger charge is 2.39. The van der Waals surface area contributed by atoms with Crippen molar-refractivity contribution < 1.29 is 8.42 Å². The number of allylic oxidation sites excluding steroid dienone is 2. The third-order valence-corrected chi connectivity index (χ3v) is 8.80. The van der Waals surface area contributed by atoms with Crippen LogP contribution in [0.1, 0.15) is 39.3 Å². The number of anilines is 1. The van der Waals surface area contributed by atoms with Crippen molar-refractivity contribution in [1.29, 1.82) is 0 Å². The summed E-state index contributed by atoms with van der Waals surface area (Å²) in [4.78, 5) is 3.00. The zero-order chi connectivity index (χ0) is 21.4. The lowest BCUT2D eigenvalue weighted by atomic mass is 9.79. The Balaban J connectivity index is 1.37. The van der Waals surface area contributed by atoms with Crippen LogP contribution in [0.15, 0.2) is 77.7 Å². The van der Waals surface area contributed by atoms with Gasteiger partial charge in [-0.05, 0) is 67.1 Å². The van der Waals surface area contributed by atoms with Crippen LogP contribution in [-0.4, -0.2) is 15.0 Å². The maximum atomic E-state index is 12.9. The van der Waals surface area contributed by atoms with E-state index < -0.39 is 10.0 Å². The molecule has 3 atom stereocenters. The van der Waals surface area contributed by atoms with E-state index in [1.54, 1.807) is 6.07 Å². The van der Waals surface area contributed by atoms with E-state index >= 15 is 0 Å². The Morgan fingerprint density at radius 1 is 1.10 bits per heavy atom. The van der Waals surface area contributed by atoms with E-state index in [0.29, 0.717) is 23.8 Å². The highest BCUT2D eigenvalue weighted by Crippen LogP contribution is 2.51. The van der Waals surface area contributed by atoms with Gasteiger partial charge in [0.1, 0.15) is 0 Å². The number of aryl methyl sites for hydroxylation is 1. The number of benzene rings is 2. The first-order valence-corrected chi connectivity index (χ1v) is 13.0. The number of nitrogens with one attached hydrogen (secondary N) is 2. The van der Waals surface area contributed by atoms with Gasteiger partial charge in [-0.1, -0.05) is 42.5 Å². The molecule has 2 N–H and O–H groups in total. The molecule has 3 aromatic rings. The first-order valence-electron chi connectivity index (χ1n) is 10.7. The Morgan fingerprint density at radius 3 is 2.71 bits per heavy atom. The molecule has 0 spiro atoms. The van der Waals surface area contributed by atoms with E-state index in [2.05, 4.69) is 41.2 Å². The minimum absolute atomic E-state index is 0.239. The molecule has 0 bridgehead atoms. The molecule has 6 heteroatoms. The Bertz CT molecular complexity index is 1220. The van der Waals surface area contributed by atoms with Crippen molar-refractivity contribution in [3.05, 3.63) is 93.7 Å². The molecule has 0 saturated carbocycles. The van der Waals surface area contributed by atoms with Crippen LogP contribution in [-0.2, 0) is 16.4 Å². The minimum atomic E-state index is -3.55. The lowest BCUT2D eigenvalue weighted by Crippen LogP contribution is -2.30. The molecule has 4 nitrogen and oxygen atoms in total. The molecule has 1 aromatic heterocycles. The van der Waals surface area contributed by atoms with E-state index in [4.69, 9.17) is 0 Å². The van der Waals surface area contributed by atoms with E-state index in [9.17, 15) is 8.42 Å². The summed E-state index contributed by atoms with van der Waals surface area (Å²) in [6.07, 6.45) is 6.16. The second kappa shape index (κ2) is 8.26. The second-order valence-electron chi connectivity index (χ2n) is 8.31. The highest BCUT2D eigenvalue weighted by molar-refractivity contribution is 7.89. The lowest BCUT2D eigenvalue weighted by Gasteiger charge is -2.37. The predicted octanol–water partition coefficient (Wildman–Crippen LogP) is 5.40. The molecule has 1 aliphatic heterocycles. The van der Waals surface area contributed by atoms with Gasteiger partial charge in [-0.2, -0.15) is 0 Å². The van der Waals surface area contributed by atoms with Gasteiger partial charge in [-0.25, -0.2) is 13.1 Å². The Labute approximate surface area is 188 Å². The van der Waals surface area contributed by atoms with Crippen LogP contribution in [0.25, 0.3) is 0 Å². The van der Waals surface area contributed by atoms with Gasteiger partial charge >= 0.3 is 0 Å². The zero-order valence-electron chi connectivity index (χ0n) is 17.4. The number of thiophene rings is 1. The molecular weight excluding hydrogens is 424 g/mol. The number of sulfonamides is 1. The second-order valence-corrected chi connectivity index (χ2v) is 11.4. The summed E-state index contributed by atoms with van der Waals surface area (Å²) in [6.45, 7) is 2.52.